The summed E-state index contributed by atoms with van der Waals surface area (Å²) in [7, 11) is 0. The van der Waals surface area contributed by atoms with Crippen molar-refractivity contribution in [3.8, 4) is 0 Å². The van der Waals surface area contributed by atoms with E-state index in [1.54, 1.807) is 0 Å². The fraction of sp³-hybridized carbons (Fsp3) is 0.308. The van der Waals surface area contributed by atoms with Gasteiger partial charge in [-0.2, -0.15) is 10.2 Å². The second kappa shape index (κ2) is 4.15. The van der Waals surface area contributed by atoms with E-state index in [9.17, 15) is 0 Å². The zero-order valence-electron chi connectivity index (χ0n) is 15.4. The maximum Gasteiger partial charge on any atom is 0.0807 e. The summed E-state index contributed by atoms with van der Waals surface area (Å²) in [6.45, 7) is 0. The van der Waals surface area contributed by atoms with E-state index in [-0.39, 0.29) is 16.2 Å². The van der Waals surface area contributed by atoms with Crippen LogP contribution in [0, 0.1) is 17.8 Å². The Bertz CT molecular complexity index is 1090. The molecule has 5 saturated carbocycles. The summed E-state index contributed by atoms with van der Waals surface area (Å²) in [6.07, 6.45) is 0. The van der Waals surface area contributed by atoms with Crippen molar-refractivity contribution in [3.05, 3.63) is 108 Å². The molecule has 28 heavy (non-hydrogen) atoms. The minimum absolute atomic E-state index is 0.137. The van der Waals surface area contributed by atoms with Gasteiger partial charge in [-0.3, -0.25) is 0 Å². The van der Waals surface area contributed by atoms with Gasteiger partial charge < -0.3 is 0 Å². The van der Waals surface area contributed by atoms with Crippen LogP contribution in [-0.4, -0.2) is 12.1 Å². The Balaban J connectivity index is 1.52. The zero-order valence-corrected chi connectivity index (χ0v) is 15.4. The molecule has 2 nitrogen and oxygen atoms in total. The second-order valence-corrected chi connectivity index (χ2v) is 9.31. The number of hydrogen-bond donors (Lipinski definition) is 0. The molecule has 1 aliphatic heterocycles. The number of rotatable bonds is 3. The molecule has 0 amide bonds. The summed E-state index contributed by atoms with van der Waals surface area (Å²) >= 11 is 0. The van der Waals surface area contributed by atoms with Gasteiger partial charge >= 0.3 is 0 Å². The van der Waals surface area contributed by atoms with Gasteiger partial charge in [0.1, 0.15) is 0 Å². The lowest BCUT2D eigenvalue weighted by Crippen LogP contribution is -2.55. The van der Waals surface area contributed by atoms with E-state index in [0.717, 1.165) is 0 Å². The molecule has 0 N–H and O–H groups in total. The van der Waals surface area contributed by atoms with Gasteiger partial charge in [0.15, 0.2) is 0 Å². The van der Waals surface area contributed by atoms with Crippen LogP contribution in [0.15, 0.2) is 101 Å². The van der Waals surface area contributed by atoms with E-state index >= 15 is 0 Å². The molecule has 5 bridgehead atoms. The summed E-state index contributed by atoms with van der Waals surface area (Å²) in [5, 5.41) is 9.63. The highest BCUT2D eigenvalue weighted by molar-refractivity contribution is 5.80. The van der Waals surface area contributed by atoms with Crippen molar-refractivity contribution in [1.29, 1.82) is 0 Å². The van der Waals surface area contributed by atoms with Crippen molar-refractivity contribution >= 4 is 0 Å². The van der Waals surface area contributed by atoms with Crippen LogP contribution in [-0.2, 0) is 16.2 Å². The SMILES string of the molecule is c1ccc(C23C4[C@H]5N=N[C@H]4[C@H]4[C@H]5[C@@]2(c2ccccc2)[C@]43c2ccccc2)cc1. The fourth-order valence-corrected chi connectivity index (χ4v) is 9.24. The Morgan fingerprint density at radius 1 is 0.429 bits per heavy atom. The van der Waals surface area contributed by atoms with Gasteiger partial charge in [0.2, 0.25) is 0 Å². The monoisotopic (exact) mass is 360 g/mol. The van der Waals surface area contributed by atoms with Gasteiger partial charge in [-0.05, 0) is 16.7 Å². The molecule has 5 aliphatic carbocycles. The van der Waals surface area contributed by atoms with E-state index in [2.05, 4.69) is 91.0 Å². The highest BCUT2D eigenvalue weighted by atomic mass is 15.3. The molecule has 0 spiro atoms. The first-order valence-corrected chi connectivity index (χ1v) is 10.5. The smallest absolute Gasteiger partial charge is 0.0807 e. The predicted octanol–water partition coefficient (Wildman–Crippen LogP) is 4.91. The summed E-state index contributed by atoms with van der Waals surface area (Å²) in [6, 6.07) is 34.9. The normalized spacial score (nSPS) is 47.2. The average molecular weight is 360 g/mol. The van der Waals surface area contributed by atoms with Crippen LogP contribution in [0.4, 0.5) is 0 Å². The maximum absolute atomic E-state index is 4.82. The van der Waals surface area contributed by atoms with Crippen LogP contribution in [0.25, 0.3) is 0 Å². The highest BCUT2D eigenvalue weighted by Crippen LogP contribution is 3.05. The van der Waals surface area contributed by atoms with Crippen LogP contribution in [0.3, 0.4) is 0 Å². The lowest BCUT2D eigenvalue weighted by Gasteiger charge is -2.51. The molecular weight excluding hydrogens is 340 g/mol. The van der Waals surface area contributed by atoms with Crippen LogP contribution in [0.1, 0.15) is 16.7 Å². The van der Waals surface area contributed by atoms with Crippen LogP contribution >= 0.6 is 0 Å². The van der Waals surface area contributed by atoms with Crippen LogP contribution in [0.5, 0.6) is 0 Å². The molecule has 3 aromatic carbocycles. The van der Waals surface area contributed by atoms with Gasteiger partial charge in [-0.15, -0.1) is 0 Å². The number of hydrogen-bond acceptors (Lipinski definition) is 2. The number of benzene rings is 3. The zero-order chi connectivity index (χ0) is 18.1. The largest absolute Gasteiger partial charge is 0.190 e. The summed E-state index contributed by atoms with van der Waals surface area (Å²) in [5.74, 6) is 1.84. The summed E-state index contributed by atoms with van der Waals surface area (Å²) < 4.78 is 0. The third-order valence-electron chi connectivity index (χ3n) is 9.18. The van der Waals surface area contributed by atoms with E-state index in [0.29, 0.717) is 29.8 Å². The quantitative estimate of drug-likeness (QED) is 0.634. The Kier molecular flexibility index (Phi) is 2.12. The number of nitrogens with zero attached hydrogens (tertiary/aromatic N) is 2. The average Bonchev–Trinajstić information content (AvgIpc) is 3.21. The van der Waals surface area contributed by atoms with Gasteiger partial charge in [-0.1, -0.05) is 91.0 Å². The van der Waals surface area contributed by atoms with E-state index < -0.39 is 0 Å². The maximum atomic E-state index is 4.82. The first-order chi connectivity index (χ1) is 13.9. The lowest BCUT2D eigenvalue weighted by atomic mass is 9.52. The number of azo groups is 1. The molecule has 0 saturated heterocycles. The van der Waals surface area contributed by atoms with Gasteiger partial charge in [0, 0.05) is 34.0 Å². The van der Waals surface area contributed by atoms with Crippen molar-refractivity contribution in [2.75, 3.05) is 0 Å². The Hall–Kier alpha value is -2.74. The first-order valence-electron chi connectivity index (χ1n) is 10.5. The van der Waals surface area contributed by atoms with Gasteiger partial charge in [0.25, 0.3) is 0 Å². The predicted molar refractivity (Wildman–Crippen MR) is 107 cm³/mol. The molecule has 5 fully saturated rings. The molecular formula is C26H20N2. The molecule has 9 rings (SSSR count). The van der Waals surface area contributed by atoms with E-state index in [4.69, 9.17) is 10.2 Å². The summed E-state index contributed by atoms with van der Waals surface area (Å²) in [5.41, 5.74) is 5.05. The molecule has 2 heteroatoms. The van der Waals surface area contributed by atoms with Crippen molar-refractivity contribution in [2.24, 2.45) is 28.0 Å². The van der Waals surface area contributed by atoms with Crippen molar-refractivity contribution in [1.82, 2.24) is 0 Å². The van der Waals surface area contributed by atoms with E-state index in [1.807, 2.05) is 0 Å². The Morgan fingerprint density at radius 2 is 0.750 bits per heavy atom. The standard InChI is InChI=1S/C26H20N2/c1-4-10-16(11-5-1)24-19-20-23-21(22(19)27-28-23)26(24,18-14-8-3-9-15-18)25(20,24)17-12-6-2-7-13-17/h1-15,19-23H/t19-,20-,21?,22+,23+,24+,25+,26?/m1/s1. The van der Waals surface area contributed by atoms with Gasteiger partial charge in [-0.25, -0.2) is 0 Å². The Labute approximate surface area is 164 Å². The van der Waals surface area contributed by atoms with Crippen molar-refractivity contribution in [3.63, 3.8) is 0 Å². The van der Waals surface area contributed by atoms with Crippen LogP contribution in [0.2, 0.25) is 0 Å². The topological polar surface area (TPSA) is 24.7 Å². The fourth-order valence-electron chi connectivity index (χ4n) is 9.24. The molecule has 134 valence electrons. The molecule has 0 aromatic heterocycles. The molecule has 6 aliphatic rings. The van der Waals surface area contributed by atoms with E-state index in [1.165, 1.54) is 16.7 Å². The van der Waals surface area contributed by atoms with Crippen molar-refractivity contribution in [2.45, 2.75) is 28.3 Å². The molecule has 3 aromatic rings. The molecule has 0 radical (unpaired) electrons. The molecule has 0 unspecified atom stereocenters. The van der Waals surface area contributed by atoms with Gasteiger partial charge in [0.05, 0.1) is 12.1 Å². The minimum atomic E-state index is 0.137. The minimum Gasteiger partial charge on any atom is -0.190 e. The Morgan fingerprint density at radius 3 is 1.11 bits per heavy atom. The second-order valence-electron chi connectivity index (χ2n) is 9.31. The van der Waals surface area contributed by atoms with Crippen molar-refractivity contribution < 1.29 is 0 Å². The lowest BCUT2D eigenvalue weighted by molar-refractivity contribution is 0.0825. The van der Waals surface area contributed by atoms with Crippen LogP contribution < -0.4 is 0 Å². The summed E-state index contributed by atoms with van der Waals surface area (Å²) in [4.78, 5) is 0. The molecule has 1 heterocycles. The first kappa shape index (κ1) is 14.3. The highest BCUT2D eigenvalue weighted by Gasteiger charge is 3.11. The molecule has 6 atom stereocenters. The third-order valence-corrected chi connectivity index (χ3v) is 9.18. The third kappa shape index (κ3) is 1.00.